The van der Waals surface area contributed by atoms with Crippen molar-refractivity contribution in [1.29, 1.82) is 0 Å². The Morgan fingerprint density at radius 2 is 1.86 bits per heavy atom. The molecule has 192 valence electrons. The molecule has 1 amide bonds. The summed E-state index contributed by atoms with van der Waals surface area (Å²) in [6.07, 6.45) is 2.39. The van der Waals surface area contributed by atoms with Crippen LogP contribution in [0.25, 0.3) is 11.1 Å². The summed E-state index contributed by atoms with van der Waals surface area (Å²) in [7, 11) is 3.13. The van der Waals surface area contributed by atoms with E-state index < -0.39 is 17.8 Å². The predicted octanol–water partition coefficient (Wildman–Crippen LogP) is 5.15. The van der Waals surface area contributed by atoms with Gasteiger partial charge in [0, 0.05) is 24.3 Å². The van der Waals surface area contributed by atoms with E-state index in [0.29, 0.717) is 11.4 Å². The molecule has 1 fully saturated rings. The molecule has 1 unspecified atom stereocenters. The maximum absolute atomic E-state index is 13.9. The number of halogens is 1. The number of hydrogen-bond donors (Lipinski definition) is 3. The largest absolute Gasteiger partial charge is 0.496 e. The van der Waals surface area contributed by atoms with Gasteiger partial charge < -0.3 is 29.7 Å². The second-order valence-electron chi connectivity index (χ2n) is 9.09. The Labute approximate surface area is 209 Å². The van der Waals surface area contributed by atoms with Crippen molar-refractivity contribution in [2.45, 2.75) is 57.8 Å². The number of aliphatic hydroxyl groups is 1. The van der Waals surface area contributed by atoms with Crippen LogP contribution in [0.15, 0.2) is 40.9 Å². The number of aliphatic hydroxyl groups excluding tert-OH is 1. The maximum atomic E-state index is 13.9. The van der Waals surface area contributed by atoms with Gasteiger partial charge in [-0.3, -0.25) is 4.79 Å². The Kier molecular flexibility index (Phi) is 7.91. The van der Waals surface area contributed by atoms with E-state index in [-0.39, 0.29) is 23.5 Å². The van der Waals surface area contributed by atoms with E-state index in [1.54, 1.807) is 7.11 Å². The molecule has 0 spiro atoms. The molecule has 1 aromatic heterocycles. The fourth-order valence-corrected chi connectivity index (χ4v) is 4.75. The van der Waals surface area contributed by atoms with E-state index in [0.717, 1.165) is 54.3 Å². The zero-order chi connectivity index (χ0) is 25.8. The van der Waals surface area contributed by atoms with Crippen molar-refractivity contribution in [3.8, 4) is 16.9 Å². The van der Waals surface area contributed by atoms with Gasteiger partial charge in [-0.2, -0.15) is 0 Å². The minimum Gasteiger partial charge on any atom is -0.496 e. The number of aromatic nitrogens is 1. The Bertz CT molecular complexity index is 1200. The third-order valence-electron chi connectivity index (χ3n) is 6.70. The number of rotatable bonds is 8. The van der Waals surface area contributed by atoms with Gasteiger partial charge in [-0.25, -0.2) is 4.39 Å². The highest BCUT2D eigenvalue weighted by molar-refractivity contribution is 5.98. The van der Waals surface area contributed by atoms with Crippen LogP contribution in [0.1, 0.15) is 48.8 Å². The minimum absolute atomic E-state index is 0.0456. The summed E-state index contributed by atoms with van der Waals surface area (Å²) in [5, 5.41) is 21.2. The van der Waals surface area contributed by atoms with E-state index in [2.05, 4.69) is 15.8 Å². The van der Waals surface area contributed by atoms with Gasteiger partial charge in [0.2, 0.25) is 0 Å². The number of amides is 1. The predicted molar refractivity (Wildman–Crippen MR) is 135 cm³/mol. The fraction of sp³-hybridized carbons (Fsp3) is 0.407. The first-order valence-corrected chi connectivity index (χ1v) is 12.0. The summed E-state index contributed by atoms with van der Waals surface area (Å²) < 4.78 is 29.9. The Hall–Kier alpha value is -3.43. The smallest absolute Gasteiger partial charge is 0.258 e. The molecular formula is C27H32FN3O5. The van der Waals surface area contributed by atoms with E-state index in [4.69, 9.17) is 14.0 Å². The number of anilines is 2. The van der Waals surface area contributed by atoms with Crippen LogP contribution in [-0.4, -0.2) is 42.5 Å². The summed E-state index contributed by atoms with van der Waals surface area (Å²) in [4.78, 5) is 13.1. The molecule has 0 aliphatic heterocycles. The summed E-state index contributed by atoms with van der Waals surface area (Å²) >= 11 is 0. The van der Waals surface area contributed by atoms with Crippen molar-refractivity contribution < 1.29 is 28.3 Å². The quantitative estimate of drug-likeness (QED) is 0.395. The molecule has 0 saturated heterocycles. The molecular weight excluding hydrogens is 465 g/mol. The molecule has 2 aromatic carbocycles. The van der Waals surface area contributed by atoms with E-state index in [9.17, 15) is 14.3 Å². The average Bonchev–Trinajstić information content (AvgIpc) is 3.22. The van der Waals surface area contributed by atoms with Crippen molar-refractivity contribution >= 4 is 17.3 Å². The lowest BCUT2D eigenvalue weighted by molar-refractivity contribution is -0.124. The highest BCUT2D eigenvalue weighted by atomic mass is 19.1. The lowest BCUT2D eigenvalue weighted by Crippen LogP contribution is -2.30. The maximum Gasteiger partial charge on any atom is 0.258 e. The third kappa shape index (κ3) is 5.52. The van der Waals surface area contributed by atoms with Crippen LogP contribution >= 0.6 is 0 Å². The first-order chi connectivity index (χ1) is 17.3. The second-order valence-corrected chi connectivity index (χ2v) is 9.09. The zero-order valence-corrected chi connectivity index (χ0v) is 20.9. The van der Waals surface area contributed by atoms with E-state index in [1.165, 1.54) is 19.2 Å². The van der Waals surface area contributed by atoms with Gasteiger partial charge >= 0.3 is 0 Å². The van der Waals surface area contributed by atoms with Crippen LogP contribution in [0, 0.1) is 19.7 Å². The summed E-state index contributed by atoms with van der Waals surface area (Å²) in [6.45, 7) is 3.68. The van der Waals surface area contributed by atoms with Crippen LogP contribution < -0.4 is 15.4 Å². The molecule has 9 heteroatoms. The highest BCUT2D eigenvalue weighted by Crippen LogP contribution is 2.35. The first kappa shape index (κ1) is 25.7. The van der Waals surface area contributed by atoms with Gasteiger partial charge in [-0.15, -0.1) is 0 Å². The molecule has 1 atom stereocenters. The fourth-order valence-electron chi connectivity index (χ4n) is 4.75. The molecule has 36 heavy (non-hydrogen) atoms. The van der Waals surface area contributed by atoms with E-state index >= 15 is 0 Å². The molecule has 4 rings (SSSR count). The number of hydrogen-bond acceptors (Lipinski definition) is 7. The topological polar surface area (TPSA) is 106 Å². The van der Waals surface area contributed by atoms with Crippen molar-refractivity contribution in [2.75, 3.05) is 24.9 Å². The Morgan fingerprint density at radius 1 is 1.11 bits per heavy atom. The van der Waals surface area contributed by atoms with Crippen molar-refractivity contribution in [1.82, 2.24) is 5.16 Å². The third-order valence-corrected chi connectivity index (χ3v) is 6.70. The lowest BCUT2D eigenvalue weighted by atomic mass is 9.92. The number of aryl methyl sites for hydroxylation is 2. The van der Waals surface area contributed by atoms with Gasteiger partial charge in [0.1, 0.15) is 17.3 Å². The van der Waals surface area contributed by atoms with Gasteiger partial charge in [0.05, 0.1) is 30.3 Å². The number of nitrogens with zero attached hydrogens (tertiary/aromatic N) is 1. The minimum atomic E-state index is -1.64. The molecule has 8 nitrogen and oxygen atoms in total. The van der Waals surface area contributed by atoms with Crippen LogP contribution in [-0.2, 0) is 9.53 Å². The number of benzene rings is 2. The summed E-state index contributed by atoms with van der Waals surface area (Å²) in [6, 6.07) is 9.55. The van der Waals surface area contributed by atoms with Gasteiger partial charge in [0.25, 0.3) is 5.91 Å². The van der Waals surface area contributed by atoms with Crippen molar-refractivity contribution in [2.24, 2.45) is 0 Å². The normalized spacial score (nSPS) is 18.5. The van der Waals surface area contributed by atoms with Crippen molar-refractivity contribution in [3.63, 3.8) is 0 Å². The SMILES string of the molecule is COc1ccc(F)cc1C(O)C(=O)Nc1cc(-c2c(C)noc2C)ccc1NC1CCC(OC)CC1. The Morgan fingerprint density at radius 3 is 2.50 bits per heavy atom. The molecule has 1 heterocycles. The Balaban J connectivity index is 1.64. The molecule has 1 aliphatic rings. The van der Waals surface area contributed by atoms with Crippen molar-refractivity contribution in [3.05, 3.63) is 59.2 Å². The first-order valence-electron chi connectivity index (χ1n) is 12.0. The lowest BCUT2D eigenvalue weighted by Gasteiger charge is -2.29. The number of carbonyl (C=O) groups excluding carboxylic acids is 1. The number of nitrogens with one attached hydrogen (secondary N) is 2. The molecule has 3 aromatic rings. The van der Waals surface area contributed by atoms with Gasteiger partial charge in [-0.05, 0) is 75.4 Å². The van der Waals surface area contributed by atoms with Crippen LogP contribution in [0.3, 0.4) is 0 Å². The number of carbonyl (C=O) groups is 1. The average molecular weight is 498 g/mol. The summed E-state index contributed by atoms with van der Waals surface area (Å²) in [5.41, 5.74) is 3.63. The zero-order valence-electron chi connectivity index (χ0n) is 20.9. The van der Waals surface area contributed by atoms with E-state index in [1.807, 2.05) is 32.0 Å². The highest BCUT2D eigenvalue weighted by Gasteiger charge is 2.25. The number of methoxy groups -OCH3 is 2. The van der Waals surface area contributed by atoms with Crippen LogP contribution in [0.4, 0.5) is 15.8 Å². The van der Waals surface area contributed by atoms with Crippen LogP contribution in [0.2, 0.25) is 0 Å². The molecule has 3 N–H and O–H groups in total. The van der Waals surface area contributed by atoms with Crippen LogP contribution in [0.5, 0.6) is 5.75 Å². The molecule has 1 aliphatic carbocycles. The summed E-state index contributed by atoms with van der Waals surface area (Å²) in [5.74, 6) is -0.405. The number of ether oxygens (including phenoxy) is 2. The standard InChI is InChI=1S/C27H32FN3O5/c1-15-25(16(2)36-31-15)17-5-11-22(29-19-7-9-20(34-3)10-8-19)23(13-17)30-27(33)26(32)21-14-18(28)6-12-24(21)35-4/h5-6,11-14,19-20,26,29,32H,7-10H2,1-4H3,(H,30,33). The molecule has 0 bridgehead atoms. The molecule has 0 radical (unpaired) electrons. The second kappa shape index (κ2) is 11.1. The van der Waals surface area contributed by atoms with Gasteiger partial charge in [0.15, 0.2) is 6.10 Å². The molecule has 1 saturated carbocycles. The monoisotopic (exact) mass is 497 g/mol. The van der Waals surface area contributed by atoms with Gasteiger partial charge in [-0.1, -0.05) is 11.2 Å².